The highest BCUT2D eigenvalue weighted by Gasteiger charge is 2.00. The maximum absolute atomic E-state index is 11.1. The van der Waals surface area contributed by atoms with Gasteiger partial charge in [0.15, 0.2) is 0 Å². The number of benzene rings is 1. The van der Waals surface area contributed by atoms with Crippen LogP contribution in [0.5, 0.6) is 5.75 Å². The number of hydrogen-bond acceptors (Lipinski definition) is 3. The molecule has 4 heteroatoms. The lowest BCUT2D eigenvalue weighted by atomic mass is 10.2. The van der Waals surface area contributed by atoms with Gasteiger partial charge in [0.25, 0.3) is 0 Å². The van der Waals surface area contributed by atoms with Crippen LogP contribution < -0.4 is 15.4 Å². The number of carbonyl (C=O) groups is 1. The highest BCUT2D eigenvalue weighted by Crippen LogP contribution is 2.13. The van der Waals surface area contributed by atoms with Gasteiger partial charge in [-0.3, -0.25) is 4.79 Å². The first-order chi connectivity index (χ1) is 9.11. The van der Waals surface area contributed by atoms with Crippen LogP contribution in [0, 0.1) is 0 Å². The van der Waals surface area contributed by atoms with E-state index in [0.717, 1.165) is 18.7 Å². The van der Waals surface area contributed by atoms with Crippen LogP contribution in [-0.2, 0) is 11.3 Å². The van der Waals surface area contributed by atoms with E-state index in [0.29, 0.717) is 19.1 Å². The molecule has 0 unspecified atom stereocenters. The molecule has 4 nitrogen and oxygen atoms in total. The molecule has 1 aromatic rings. The van der Waals surface area contributed by atoms with E-state index in [4.69, 9.17) is 4.74 Å². The molecular weight excluding hydrogens is 240 g/mol. The number of ether oxygens (including phenoxy) is 1. The normalized spacial score (nSPS) is 10.5. The van der Waals surface area contributed by atoms with Gasteiger partial charge in [-0.15, -0.1) is 0 Å². The van der Waals surface area contributed by atoms with E-state index in [1.165, 1.54) is 5.56 Å². The molecule has 0 atom stereocenters. The van der Waals surface area contributed by atoms with Gasteiger partial charge in [-0.1, -0.05) is 26.0 Å². The summed E-state index contributed by atoms with van der Waals surface area (Å²) in [5.74, 6) is 0.915. The molecule has 0 saturated carbocycles. The van der Waals surface area contributed by atoms with E-state index in [2.05, 4.69) is 30.5 Å². The molecule has 0 aliphatic rings. The predicted octanol–water partition coefficient (Wildman–Crippen LogP) is 2.09. The van der Waals surface area contributed by atoms with Crippen molar-refractivity contribution in [3.63, 3.8) is 0 Å². The Morgan fingerprint density at radius 2 is 2.16 bits per heavy atom. The van der Waals surface area contributed by atoms with Crippen molar-refractivity contribution < 1.29 is 9.53 Å². The van der Waals surface area contributed by atoms with Crippen molar-refractivity contribution in [2.24, 2.45) is 0 Å². The molecular formula is C15H24N2O2. The summed E-state index contributed by atoms with van der Waals surface area (Å²) in [5, 5.41) is 5.97. The number of amides is 1. The highest BCUT2D eigenvalue weighted by molar-refractivity contribution is 5.75. The van der Waals surface area contributed by atoms with Crippen molar-refractivity contribution in [2.75, 3.05) is 13.7 Å². The topological polar surface area (TPSA) is 50.4 Å². The molecule has 2 N–H and O–H groups in total. The molecule has 1 aromatic carbocycles. The van der Waals surface area contributed by atoms with Crippen LogP contribution >= 0.6 is 0 Å². The van der Waals surface area contributed by atoms with Crippen LogP contribution in [0.25, 0.3) is 0 Å². The first-order valence-corrected chi connectivity index (χ1v) is 6.77. The summed E-state index contributed by atoms with van der Waals surface area (Å²) in [6, 6.07) is 8.52. The van der Waals surface area contributed by atoms with Gasteiger partial charge in [-0.2, -0.15) is 0 Å². The van der Waals surface area contributed by atoms with Crippen LogP contribution in [0.3, 0.4) is 0 Å². The van der Waals surface area contributed by atoms with Crippen LogP contribution in [0.1, 0.15) is 32.3 Å². The summed E-state index contributed by atoms with van der Waals surface area (Å²) in [5.41, 5.74) is 1.21. The van der Waals surface area contributed by atoms with Crippen LogP contribution in [0.15, 0.2) is 24.3 Å². The molecule has 1 rings (SSSR count). The molecule has 0 heterocycles. The fourth-order valence-electron chi connectivity index (χ4n) is 1.61. The predicted molar refractivity (Wildman–Crippen MR) is 77.2 cm³/mol. The first kappa shape index (κ1) is 15.5. The summed E-state index contributed by atoms with van der Waals surface area (Å²) in [6.45, 7) is 5.65. The summed E-state index contributed by atoms with van der Waals surface area (Å²) in [7, 11) is 1.65. The second kappa shape index (κ2) is 8.53. The summed E-state index contributed by atoms with van der Waals surface area (Å²) >= 11 is 0. The lowest BCUT2D eigenvalue weighted by Gasteiger charge is -2.10. The van der Waals surface area contributed by atoms with Gasteiger partial charge in [0, 0.05) is 26.1 Å². The largest absolute Gasteiger partial charge is 0.494 e. The maximum atomic E-state index is 11.1. The monoisotopic (exact) mass is 264 g/mol. The highest BCUT2D eigenvalue weighted by atomic mass is 16.5. The molecule has 106 valence electrons. The Bertz CT molecular complexity index is 391. The van der Waals surface area contributed by atoms with Crippen LogP contribution in [0.2, 0.25) is 0 Å². The summed E-state index contributed by atoms with van der Waals surface area (Å²) < 4.78 is 5.64. The van der Waals surface area contributed by atoms with Crippen molar-refractivity contribution in [2.45, 2.75) is 39.3 Å². The molecule has 0 aliphatic carbocycles. The molecule has 0 fully saturated rings. The Balaban J connectivity index is 2.33. The number of hydrogen-bond donors (Lipinski definition) is 2. The van der Waals surface area contributed by atoms with E-state index in [-0.39, 0.29) is 5.91 Å². The van der Waals surface area contributed by atoms with E-state index < -0.39 is 0 Å². The lowest BCUT2D eigenvalue weighted by molar-refractivity contribution is -0.120. The molecule has 0 spiro atoms. The van der Waals surface area contributed by atoms with Crippen LogP contribution in [0.4, 0.5) is 0 Å². The average molecular weight is 264 g/mol. The van der Waals surface area contributed by atoms with Crippen LogP contribution in [-0.4, -0.2) is 25.6 Å². The van der Waals surface area contributed by atoms with Gasteiger partial charge in [-0.25, -0.2) is 0 Å². The zero-order valence-corrected chi connectivity index (χ0v) is 12.0. The van der Waals surface area contributed by atoms with Gasteiger partial charge in [0.05, 0.1) is 6.61 Å². The van der Waals surface area contributed by atoms with Crippen molar-refractivity contribution in [3.05, 3.63) is 29.8 Å². The minimum Gasteiger partial charge on any atom is -0.494 e. The molecule has 1 amide bonds. The standard InChI is InChI=1S/C15H24N2O2/c1-12(2)17-11-13-6-4-7-14(10-13)19-9-5-8-15(18)16-3/h4,6-7,10,12,17H,5,8-9,11H2,1-3H3,(H,16,18). The zero-order valence-electron chi connectivity index (χ0n) is 12.0. The van der Waals surface area contributed by atoms with Gasteiger partial charge in [0.1, 0.15) is 5.75 Å². The molecule has 0 radical (unpaired) electrons. The average Bonchev–Trinajstić information content (AvgIpc) is 2.41. The van der Waals surface area contributed by atoms with E-state index in [9.17, 15) is 4.79 Å². The zero-order chi connectivity index (χ0) is 14.1. The van der Waals surface area contributed by atoms with Gasteiger partial charge in [-0.05, 0) is 24.1 Å². The third-order valence-electron chi connectivity index (χ3n) is 2.71. The Morgan fingerprint density at radius 3 is 2.84 bits per heavy atom. The molecule has 0 bridgehead atoms. The van der Waals surface area contributed by atoms with Gasteiger partial charge < -0.3 is 15.4 Å². The lowest BCUT2D eigenvalue weighted by Crippen LogP contribution is -2.21. The second-order valence-electron chi connectivity index (χ2n) is 4.81. The fraction of sp³-hybridized carbons (Fsp3) is 0.533. The third-order valence-corrected chi connectivity index (χ3v) is 2.71. The summed E-state index contributed by atoms with van der Waals surface area (Å²) in [6.07, 6.45) is 1.24. The Morgan fingerprint density at radius 1 is 1.37 bits per heavy atom. The minimum atomic E-state index is 0.0542. The van der Waals surface area contributed by atoms with E-state index in [1.807, 2.05) is 18.2 Å². The number of carbonyl (C=O) groups excluding carboxylic acids is 1. The van der Waals surface area contributed by atoms with Gasteiger partial charge >= 0.3 is 0 Å². The Labute approximate surface area is 115 Å². The minimum absolute atomic E-state index is 0.0542. The molecule has 0 saturated heterocycles. The smallest absolute Gasteiger partial charge is 0.219 e. The van der Waals surface area contributed by atoms with Crippen molar-refractivity contribution in [1.82, 2.24) is 10.6 Å². The first-order valence-electron chi connectivity index (χ1n) is 6.77. The Hall–Kier alpha value is -1.55. The van der Waals surface area contributed by atoms with Gasteiger partial charge in [0.2, 0.25) is 5.91 Å². The second-order valence-corrected chi connectivity index (χ2v) is 4.81. The maximum Gasteiger partial charge on any atom is 0.219 e. The SMILES string of the molecule is CNC(=O)CCCOc1cccc(CNC(C)C)c1. The van der Waals surface area contributed by atoms with Crippen molar-refractivity contribution >= 4 is 5.91 Å². The van der Waals surface area contributed by atoms with Crippen molar-refractivity contribution in [1.29, 1.82) is 0 Å². The molecule has 0 aliphatic heterocycles. The molecule has 0 aromatic heterocycles. The quantitative estimate of drug-likeness (QED) is 0.707. The van der Waals surface area contributed by atoms with E-state index in [1.54, 1.807) is 7.05 Å². The fourth-order valence-corrected chi connectivity index (χ4v) is 1.61. The third kappa shape index (κ3) is 6.82. The number of rotatable bonds is 8. The van der Waals surface area contributed by atoms with Crippen molar-refractivity contribution in [3.8, 4) is 5.75 Å². The summed E-state index contributed by atoms with van der Waals surface area (Å²) in [4.78, 5) is 11.1. The molecule has 19 heavy (non-hydrogen) atoms. The Kier molecular flexibility index (Phi) is 6.97. The number of nitrogens with one attached hydrogen (secondary N) is 2. The van der Waals surface area contributed by atoms with E-state index >= 15 is 0 Å².